The summed E-state index contributed by atoms with van der Waals surface area (Å²) >= 11 is 0. The van der Waals surface area contributed by atoms with Crippen LogP contribution in [0, 0.1) is 0 Å². The lowest BCUT2D eigenvalue weighted by Crippen LogP contribution is -2.41. The standard InChI is InChI=1S/2C11H16N2O3/c1-8(2)12-11(14)13(15)9-6-4-5-7-10(9)16-3;1-3-8-12-11(14)13(15)9-6-4-5-7-10(9)16-2/h4-8,15H,1-3H3,(H,12,14);4-7,15H,3,8H2,1-2H3,(H,12,14). The molecule has 2 rings (SSSR count). The number of anilines is 2. The largest absolute Gasteiger partial charge is 0.494 e. The van der Waals surface area contributed by atoms with Gasteiger partial charge in [-0.15, -0.1) is 0 Å². The van der Waals surface area contributed by atoms with Crippen LogP contribution >= 0.6 is 0 Å². The Morgan fingerprint density at radius 1 is 0.875 bits per heavy atom. The molecule has 0 bridgehead atoms. The number of ether oxygens (including phenoxy) is 2. The van der Waals surface area contributed by atoms with Crippen LogP contribution in [0.2, 0.25) is 0 Å². The van der Waals surface area contributed by atoms with E-state index in [1.165, 1.54) is 14.2 Å². The van der Waals surface area contributed by atoms with E-state index in [4.69, 9.17) is 9.47 Å². The number of hydrogen-bond acceptors (Lipinski definition) is 6. The fraction of sp³-hybridized carbons (Fsp3) is 0.364. The topological polar surface area (TPSA) is 124 Å². The summed E-state index contributed by atoms with van der Waals surface area (Å²) in [6, 6.07) is 12.3. The number of carbonyl (C=O) groups is 2. The van der Waals surface area contributed by atoms with Crippen molar-refractivity contribution in [2.24, 2.45) is 0 Å². The molecule has 0 fully saturated rings. The molecule has 2 aromatic rings. The second-order valence-electron chi connectivity index (χ2n) is 6.80. The fourth-order valence-corrected chi connectivity index (χ4v) is 2.44. The van der Waals surface area contributed by atoms with Crippen LogP contribution in [0.1, 0.15) is 27.2 Å². The van der Waals surface area contributed by atoms with Crippen molar-refractivity contribution >= 4 is 23.4 Å². The summed E-state index contributed by atoms with van der Waals surface area (Å²) in [5.41, 5.74) is 0.627. The lowest BCUT2D eigenvalue weighted by atomic mass is 10.3. The maximum atomic E-state index is 11.5. The van der Waals surface area contributed by atoms with Crippen LogP contribution in [-0.2, 0) is 0 Å². The Morgan fingerprint density at radius 2 is 1.31 bits per heavy atom. The van der Waals surface area contributed by atoms with Crippen LogP contribution in [0.15, 0.2) is 48.5 Å². The van der Waals surface area contributed by atoms with Gasteiger partial charge < -0.3 is 20.1 Å². The Hall–Kier alpha value is -3.50. The maximum absolute atomic E-state index is 11.5. The van der Waals surface area contributed by atoms with Gasteiger partial charge in [0, 0.05) is 12.6 Å². The van der Waals surface area contributed by atoms with Gasteiger partial charge in [0.05, 0.1) is 14.2 Å². The summed E-state index contributed by atoms with van der Waals surface area (Å²) < 4.78 is 10.1. The van der Waals surface area contributed by atoms with Crippen LogP contribution in [-0.4, -0.2) is 49.3 Å². The average molecular weight is 449 g/mol. The zero-order valence-electron chi connectivity index (χ0n) is 19.0. The number of methoxy groups -OCH3 is 2. The molecule has 0 saturated carbocycles. The molecule has 0 aromatic heterocycles. The predicted molar refractivity (Wildman–Crippen MR) is 122 cm³/mol. The maximum Gasteiger partial charge on any atom is 0.346 e. The van der Waals surface area contributed by atoms with Crippen molar-refractivity contribution in [3.05, 3.63) is 48.5 Å². The highest BCUT2D eigenvalue weighted by atomic mass is 16.5. The molecule has 4 N–H and O–H groups in total. The molecule has 176 valence electrons. The van der Waals surface area contributed by atoms with Crippen molar-refractivity contribution in [2.45, 2.75) is 33.2 Å². The first-order chi connectivity index (χ1) is 15.3. The van der Waals surface area contributed by atoms with Gasteiger partial charge in [0.15, 0.2) is 0 Å². The van der Waals surface area contributed by atoms with Gasteiger partial charge in [-0.3, -0.25) is 10.4 Å². The Bertz CT molecular complexity index is 862. The molecule has 10 heteroatoms. The molecule has 0 spiro atoms. The molecular weight excluding hydrogens is 416 g/mol. The summed E-state index contributed by atoms with van der Waals surface area (Å²) in [4.78, 5) is 23.0. The van der Waals surface area contributed by atoms with E-state index in [1.807, 2.05) is 20.8 Å². The lowest BCUT2D eigenvalue weighted by Gasteiger charge is -2.19. The lowest BCUT2D eigenvalue weighted by molar-refractivity contribution is 0.201. The van der Waals surface area contributed by atoms with Crippen LogP contribution in [0.3, 0.4) is 0 Å². The molecule has 0 unspecified atom stereocenters. The summed E-state index contributed by atoms with van der Waals surface area (Å²) in [5, 5.41) is 25.6. The first-order valence-electron chi connectivity index (χ1n) is 10.1. The quantitative estimate of drug-likeness (QED) is 0.375. The van der Waals surface area contributed by atoms with Crippen molar-refractivity contribution in [1.29, 1.82) is 0 Å². The number of nitrogens with zero attached hydrogens (tertiary/aromatic N) is 2. The smallest absolute Gasteiger partial charge is 0.346 e. The van der Waals surface area contributed by atoms with E-state index in [0.29, 0.717) is 39.5 Å². The minimum atomic E-state index is -0.584. The SMILES string of the molecule is CCCNC(=O)N(O)c1ccccc1OC.COc1ccccc1N(O)C(=O)NC(C)C. The van der Waals surface area contributed by atoms with Gasteiger partial charge in [-0.2, -0.15) is 10.1 Å². The number of hydrogen-bond donors (Lipinski definition) is 4. The van der Waals surface area contributed by atoms with E-state index >= 15 is 0 Å². The zero-order chi connectivity index (χ0) is 24.1. The summed E-state index contributed by atoms with van der Waals surface area (Å²) in [5.74, 6) is 0.876. The number of benzene rings is 2. The van der Waals surface area contributed by atoms with Gasteiger partial charge in [0.1, 0.15) is 22.9 Å². The highest BCUT2D eigenvalue weighted by Gasteiger charge is 2.17. The first-order valence-corrected chi connectivity index (χ1v) is 10.1. The molecule has 0 aliphatic rings. The Morgan fingerprint density at radius 3 is 1.72 bits per heavy atom. The number of amides is 4. The number of hydroxylamine groups is 2. The van der Waals surface area contributed by atoms with E-state index in [9.17, 15) is 20.0 Å². The average Bonchev–Trinajstić information content (AvgIpc) is 2.81. The van der Waals surface area contributed by atoms with E-state index in [1.54, 1.807) is 48.5 Å². The molecule has 0 aliphatic heterocycles. The molecule has 0 aliphatic carbocycles. The molecule has 0 atom stereocenters. The molecule has 2 aromatic carbocycles. The van der Waals surface area contributed by atoms with Crippen LogP contribution < -0.4 is 30.2 Å². The second kappa shape index (κ2) is 13.7. The normalized spacial score (nSPS) is 9.88. The minimum absolute atomic E-state index is 0.0446. The Balaban J connectivity index is 0.000000320. The molecule has 32 heavy (non-hydrogen) atoms. The van der Waals surface area contributed by atoms with E-state index in [0.717, 1.165) is 6.42 Å². The van der Waals surface area contributed by atoms with Crippen molar-refractivity contribution in [3.8, 4) is 11.5 Å². The predicted octanol–water partition coefficient (Wildman–Crippen LogP) is 4.02. The van der Waals surface area contributed by atoms with Crippen LogP contribution in [0.4, 0.5) is 21.0 Å². The molecule has 0 radical (unpaired) electrons. The summed E-state index contributed by atoms with van der Waals surface area (Å²) in [6.07, 6.45) is 0.811. The van der Waals surface area contributed by atoms with Crippen LogP contribution in [0.25, 0.3) is 0 Å². The zero-order valence-corrected chi connectivity index (χ0v) is 19.0. The number of para-hydroxylation sites is 4. The number of urea groups is 2. The number of rotatable bonds is 7. The van der Waals surface area contributed by atoms with Crippen LogP contribution in [0.5, 0.6) is 11.5 Å². The molecule has 0 saturated heterocycles. The Kier molecular flexibility index (Phi) is 11.4. The highest BCUT2D eigenvalue weighted by molar-refractivity contribution is 5.91. The summed E-state index contributed by atoms with van der Waals surface area (Å²) in [6.45, 7) is 6.08. The molecule has 0 heterocycles. The summed E-state index contributed by atoms with van der Waals surface area (Å²) in [7, 11) is 2.96. The molecule has 4 amide bonds. The fourth-order valence-electron chi connectivity index (χ4n) is 2.44. The van der Waals surface area contributed by atoms with E-state index in [-0.39, 0.29) is 6.04 Å². The molecular formula is C22H32N4O6. The first kappa shape index (κ1) is 26.5. The highest BCUT2D eigenvalue weighted by Crippen LogP contribution is 2.27. The monoisotopic (exact) mass is 448 g/mol. The van der Waals surface area contributed by atoms with Gasteiger partial charge in [0.25, 0.3) is 0 Å². The van der Waals surface area contributed by atoms with E-state index in [2.05, 4.69) is 10.6 Å². The van der Waals surface area contributed by atoms with Gasteiger partial charge in [-0.25, -0.2) is 9.59 Å². The Labute approximate surface area is 188 Å². The van der Waals surface area contributed by atoms with Gasteiger partial charge >= 0.3 is 12.1 Å². The third-order valence-electron chi connectivity index (χ3n) is 3.95. The minimum Gasteiger partial charge on any atom is -0.494 e. The van der Waals surface area contributed by atoms with Gasteiger partial charge in [-0.05, 0) is 44.5 Å². The second-order valence-corrected chi connectivity index (χ2v) is 6.80. The van der Waals surface area contributed by atoms with Crippen molar-refractivity contribution in [3.63, 3.8) is 0 Å². The third kappa shape index (κ3) is 7.97. The number of carbonyl (C=O) groups excluding carboxylic acids is 2. The van der Waals surface area contributed by atoms with Gasteiger partial charge in [-0.1, -0.05) is 31.2 Å². The van der Waals surface area contributed by atoms with E-state index < -0.39 is 12.1 Å². The van der Waals surface area contributed by atoms with Gasteiger partial charge in [0.2, 0.25) is 0 Å². The third-order valence-corrected chi connectivity index (χ3v) is 3.95. The van der Waals surface area contributed by atoms with Crippen molar-refractivity contribution in [1.82, 2.24) is 10.6 Å². The number of nitrogens with one attached hydrogen (secondary N) is 2. The van der Waals surface area contributed by atoms with Crippen molar-refractivity contribution < 1.29 is 29.5 Å². The molecule has 10 nitrogen and oxygen atoms in total. The van der Waals surface area contributed by atoms with Crippen molar-refractivity contribution in [2.75, 3.05) is 30.9 Å².